The van der Waals surface area contributed by atoms with E-state index in [1.54, 1.807) is 48.5 Å². The van der Waals surface area contributed by atoms with Crippen LogP contribution in [0.15, 0.2) is 48.5 Å². The van der Waals surface area contributed by atoms with E-state index in [1.807, 2.05) is 0 Å². The maximum atomic E-state index is 12.2. The Balaban J connectivity index is 1.58. The standard InChI is InChI=1S/C19H18N4O5/c20-16(21)12-3-5-13(6-4-12)17(24)22-9-11-1-7-14(8-2-11)23-10-15(18(25)26)28-19(23)27/h1-8,15H,9-10H2,(H3,20,21)(H,22,24)(H,25,26). The summed E-state index contributed by atoms with van der Waals surface area (Å²) in [7, 11) is 0. The third kappa shape index (κ3) is 4.09. The molecular weight excluding hydrogens is 364 g/mol. The predicted octanol–water partition coefficient (Wildman–Crippen LogP) is 1.31. The fourth-order valence-corrected chi connectivity index (χ4v) is 2.68. The van der Waals surface area contributed by atoms with Crippen molar-refractivity contribution in [1.82, 2.24) is 5.32 Å². The Morgan fingerprint density at radius 2 is 1.75 bits per heavy atom. The van der Waals surface area contributed by atoms with Crippen molar-refractivity contribution in [3.8, 4) is 0 Å². The maximum Gasteiger partial charge on any atom is 0.415 e. The number of amidine groups is 1. The van der Waals surface area contributed by atoms with Gasteiger partial charge in [0.2, 0.25) is 6.10 Å². The highest BCUT2D eigenvalue weighted by atomic mass is 16.6. The maximum absolute atomic E-state index is 12.2. The van der Waals surface area contributed by atoms with Gasteiger partial charge in [-0.15, -0.1) is 0 Å². The fourth-order valence-electron chi connectivity index (χ4n) is 2.68. The number of cyclic esters (lactones) is 1. The Morgan fingerprint density at radius 3 is 2.29 bits per heavy atom. The zero-order valence-electron chi connectivity index (χ0n) is 14.7. The molecule has 1 unspecified atom stereocenters. The Morgan fingerprint density at radius 1 is 1.14 bits per heavy atom. The number of nitrogens with two attached hydrogens (primary N) is 1. The highest BCUT2D eigenvalue weighted by Gasteiger charge is 2.36. The Bertz CT molecular complexity index is 924. The van der Waals surface area contributed by atoms with E-state index in [-0.39, 0.29) is 24.8 Å². The molecule has 1 aliphatic heterocycles. The van der Waals surface area contributed by atoms with Crippen molar-refractivity contribution >= 4 is 29.5 Å². The number of carbonyl (C=O) groups is 3. The van der Waals surface area contributed by atoms with Crippen LogP contribution in [0.4, 0.5) is 10.5 Å². The molecule has 1 fully saturated rings. The van der Waals surface area contributed by atoms with Gasteiger partial charge in [-0.3, -0.25) is 15.1 Å². The zero-order valence-corrected chi connectivity index (χ0v) is 14.7. The summed E-state index contributed by atoms with van der Waals surface area (Å²) in [6.45, 7) is 0.219. The van der Waals surface area contributed by atoms with Crippen molar-refractivity contribution < 1.29 is 24.2 Å². The van der Waals surface area contributed by atoms with Crippen molar-refractivity contribution in [2.24, 2.45) is 5.73 Å². The molecule has 28 heavy (non-hydrogen) atoms. The number of carbonyl (C=O) groups excluding carboxylic acids is 2. The first-order chi connectivity index (χ1) is 13.3. The number of ether oxygens (including phenoxy) is 1. The summed E-state index contributed by atoms with van der Waals surface area (Å²) in [5, 5.41) is 19.1. The topological polar surface area (TPSA) is 146 Å². The van der Waals surface area contributed by atoms with Crippen molar-refractivity contribution in [3.05, 3.63) is 65.2 Å². The summed E-state index contributed by atoms with van der Waals surface area (Å²) in [4.78, 5) is 36.2. The normalized spacial score (nSPS) is 15.8. The number of nitrogens with one attached hydrogen (secondary N) is 2. The van der Waals surface area contributed by atoms with Gasteiger partial charge in [-0.25, -0.2) is 9.59 Å². The summed E-state index contributed by atoms with van der Waals surface area (Å²) < 4.78 is 4.78. The molecule has 9 nitrogen and oxygen atoms in total. The predicted molar refractivity (Wildman–Crippen MR) is 100 cm³/mol. The van der Waals surface area contributed by atoms with Crippen LogP contribution in [0, 0.1) is 5.41 Å². The fraction of sp³-hybridized carbons (Fsp3) is 0.158. The van der Waals surface area contributed by atoms with Crippen molar-refractivity contribution in [2.75, 3.05) is 11.4 Å². The number of hydrogen-bond donors (Lipinski definition) is 4. The number of amides is 2. The van der Waals surface area contributed by atoms with Gasteiger partial charge >= 0.3 is 12.1 Å². The number of anilines is 1. The largest absolute Gasteiger partial charge is 0.478 e. The lowest BCUT2D eigenvalue weighted by molar-refractivity contribution is -0.144. The average Bonchev–Trinajstić information content (AvgIpc) is 3.08. The van der Waals surface area contributed by atoms with Gasteiger partial charge in [-0.2, -0.15) is 0 Å². The minimum absolute atomic E-state index is 0.0551. The number of carboxylic acids is 1. The Kier molecular flexibility index (Phi) is 5.25. The zero-order chi connectivity index (χ0) is 20.3. The van der Waals surface area contributed by atoms with Crippen molar-refractivity contribution in [3.63, 3.8) is 0 Å². The van der Waals surface area contributed by atoms with Crippen LogP contribution < -0.4 is 16.0 Å². The molecular formula is C19H18N4O5. The molecule has 0 aliphatic carbocycles. The molecule has 0 aromatic heterocycles. The third-order valence-electron chi connectivity index (χ3n) is 4.25. The number of hydrogen-bond acceptors (Lipinski definition) is 5. The molecule has 9 heteroatoms. The van der Waals surface area contributed by atoms with Gasteiger partial charge in [0.25, 0.3) is 5.91 Å². The lowest BCUT2D eigenvalue weighted by Crippen LogP contribution is -2.27. The van der Waals surface area contributed by atoms with Crippen LogP contribution in [0.1, 0.15) is 21.5 Å². The van der Waals surface area contributed by atoms with Crippen molar-refractivity contribution in [2.45, 2.75) is 12.6 Å². The van der Waals surface area contributed by atoms with Crippen LogP contribution in [0.2, 0.25) is 0 Å². The molecule has 3 rings (SSSR count). The first-order valence-electron chi connectivity index (χ1n) is 8.37. The molecule has 1 saturated heterocycles. The quantitative estimate of drug-likeness (QED) is 0.438. The van der Waals surface area contributed by atoms with Gasteiger partial charge in [0.05, 0.1) is 6.54 Å². The molecule has 144 valence electrons. The molecule has 2 aromatic rings. The van der Waals surface area contributed by atoms with E-state index in [0.717, 1.165) is 5.56 Å². The number of nitrogens with zero attached hydrogens (tertiary/aromatic N) is 1. The van der Waals surface area contributed by atoms with Gasteiger partial charge in [0, 0.05) is 23.4 Å². The molecule has 0 radical (unpaired) electrons. The van der Waals surface area contributed by atoms with Crippen molar-refractivity contribution in [1.29, 1.82) is 5.41 Å². The van der Waals surface area contributed by atoms with E-state index >= 15 is 0 Å². The summed E-state index contributed by atoms with van der Waals surface area (Å²) in [6.07, 6.45) is -1.89. The van der Waals surface area contributed by atoms with Gasteiger partial charge < -0.3 is 20.9 Å². The minimum atomic E-state index is -1.19. The van der Waals surface area contributed by atoms with Crippen LogP contribution >= 0.6 is 0 Å². The van der Waals surface area contributed by atoms with Gasteiger partial charge in [0.15, 0.2) is 0 Å². The average molecular weight is 382 g/mol. The van der Waals surface area contributed by atoms with E-state index in [9.17, 15) is 14.4 Å². The molecule has 0 bridgehead atoms. The third-order valence-corrected chi connectivity index (χ3v) is 4.25. The second kappa shape index (κ2) is 7.78. The molecule has 5 N–H and O–H groups in total. The second-order valence-corrected chi connectivity index (χ2v) is 6.16. The first kappa shape index (κ1) is 18.9. The Labute approximate surface area is 160 Å². The van der Waals surface area contributed by atoms with Crippen LogP contribution in [0.5, 0.6) is 0 Å². The second-order valence-electron chi connectivity index (χ2n) is 6.16. The molecule has 2 amide bonds. The number of carboxylic acid groups (broad SMARTS) is 1. The lowest BCUT2D eigenvalue weighted by Gasteiger charge is -2.13. The number of nitrogen functional groups attached to an aromatic ring is 1. The van der Waals surface area contributed by atoms with E-state index in [1.165, 1.54) is 4.90 Å². The first-order valence-corrected chi connectivity index (χ1v) is 8.37. The van der Waals surface area contributed by atoms with Gasteiger partial charge in [-0.05, 0) is 29.8 Å². The van der Waals surface area contributed by atoms with Crippen LogP contribution in [0.3, 0.4) is 0 Å². The van der Waals surface area contributed by atoms with E-state index in [4.69, 9.17) is 21.0 Å². The lowest BCUT2D eigenvalue weighted by atomic mass is 10.1. The minimum Gasteiger partial charge on any atom is -0.478 e. The van der Waals surface area contributed by atoms with E-state index < -0.39 is 18.2 Å². The number of benzene rings is 2. The van der Waals surface area contributed by atoms with Crippen LogP contribution in [-0.2, 0) is 16.1 Å². The van der Waals surface area contributed by atoms with Gasteiger partial charge in [0.1, 0.15) is 5.84 Å². The summed E-state index contributed by atoms with van der Waals surface area (Å²) in [5.41, 5.74) is 7.69. The molecule has 0 spiro atoms. The SMILES string of the molecule is N=C(N)c1ccc(C(=O)NCc2ccc(N3CC(C(=O)O)OC3=O)cc2)cc1. The molecule has 1 atom stereocenters. The number of rotatable bonds is 6. The number of aliphatic carboxylic acids is 1. The highest BCUT2D eigenvalue weighted by molar-refractivity contribution is 5.98. The van der Waals surface area contributed by atoms with E-state index in [0.29, 0.717) is 16.8 Å². The molecule has 0 saturated carbocycles. The smallest absolute Gasteiger partial charge is 0.415 e. The van der Waals surface area contributed by atoms with E-state index in [2.05, 4.69) is 5.32 Å². The summed E-state index contributed by atoms with van der Waals surface area (Å²) in [5.74, 6) is -1.53. The van der Waals surface area contributed by atoms with Gasteiger partial charge in [-0.1, -0.05) is 24.3 Å². The molecule has 1 heterocycles. The van der Waals surface area contributed by atoms with Crippen LogP contribution in [-0.4, -0.2) is 41.6 Å². The Hall–Kier alpha value is -3.88. The summed E-state index contributed by atoms with van der Waals surface area (Å²) in [6, 6.07) is 13.2. The monoisotopic (exact) mass is 382 g/mol. The summed E-state index contributed by atoms with van der Waals surface area (Å²) >= 11 is 0. The highest BCUT2D eigenvalue weighted by Crippen LogP contribution is 2.22. The molecule has 1 aliphatic rings. The molecule has 2 aromatic carbocycles. The van der Waals surface area contributed by atoms with Crippen LogP contribution in [0.25, 0.3) is 0 Å².